The SMILES string of the molecule is CC.CCc1cc(CCC(C)(C)C)ccc1C. The molecule has 1 aromatic carbocycles. The van der Waals surface area contributed by atoms with Crippen molar-refractivity contribution in [3.63, 3.8) is 0 Å². The summed E-state index contributed by atoms with van der Waals surface area (Å²) < 4.78 is 0. The van der Waals surface area contributed by atoms with E-state index in [1.807, 2.05) is 13.8 Å². The average molecular weight is 234 g/mol. The molecule has 0 heterocycles. The van der Waals surface area contributed by atoms with Gasteiger partial charge < -0.3 is 0 Å². The highest BCUT2D eigenvalue weighted by Crippen LogP contribution is 2.22. The molecule has 0 unspecified atom stereocenters. The Morgan fingerprint density at radius 2 is 1.65 bits per heavy atom. The number of hydrogen-bond acceptors (Lipinski definition) is 0. The van der Waals surface area contributed by atoms with Crippen LogP contribution in [-0.4, -0.2) is 0 Å². The third-order valence-electron chi connectivity index (χ3n) is 2.96. The first-order valence-electron chi connectivity index (χ1n) is 7.01. The van der Waals surface area contributed by atoms with Gasteiger partial charge in [-0.25, -0.2) is 0 Å². The number of rotatable bonds is 3. The van der Waals surface area contributed by atoms with E-state index in [-0.39, 0.29) is 0 Å². The zero-order valence-corrected chi connectivity index (χ0v) is 12.9. The molecule has 0 heteroatoms. The normalized spacial score (nSPS) is 10.8. The molecule has 98 valence electrons. The fraction of sp³-hybridized carbons (Fsp3) is 0.647. The van der Waals surface area contributed by atoms with Crippen LogP contribution in [0.2, 0.25) is 0 Å². The van der Waals surface area contributed by atoms with Gasteiger partial charge in [0.25, 0.3) is 0 Å². The van der Waals surface area contributed by atoms with Crippen LogP contribution in [0, 0.1) is 12.3 Å². The topological polar surface area (TPSA) is 0 Å². The van der Waals surface area contributed by atoms with E-state index >= 15 is 0 Å². The summed E-state index contributed by atoms with van der Waals surface area (Å²) in [7, 11) is 0. The molecule has 0 N–H and O–H groups in total. The van der Waals surface area contributed by atoms with Gasteiger partial charge in [0.1, 0.15) is 0 Å². The van der Waals surface area contributed by atoms with Gasteiger partial charge in [-0.15, -0.1) is 0 Å². The van der Waals surface area contributed by atoms with Crippen LogP contribution < -0.4 is 0 Å². The van der Waals surface area contributed by atoms with E-state index in [1.54, 1.807) is 0 Å². The Morgan fingerprint density at radius 1 is 1.06 bits per heavy atom. The van der Waals surface area contributed by atoms with Crippen molar-refractivity contribution in [2.75, 3.05) is 0 Å². The van der Waals surface area contributed by atoms with Gasteiger partial charge >= 0.3 is 0 Å². The summed E-state index contributed by atoms with van der Waals surface area (Å²) in [6.07, 6.45) is 3.62. The smallest absolute Gasteiger partial charge is 0.0274 e. The van der Waals surface area contributed by atoms with Gasteiger partial charge in [0.15, 0.2) is 0 Å². The maximum Gasteiger partial charge on any atom is -0.0274 e. The van der Waals surface area contributed by atoms with Crippen LogP contribution in [0.5, 0.6) is 0 Å². The summed E-state index contributed by atoms with van der Waals surface area (Å²) in [6, 6.07) is 6.91. The van der Waals surface area contributed by atoms with Crippen LogP contribution >= 0.6 is 0 Å². The van der Waals surface area contributed by atoms with Crippen LogP contribution in [0.4, 0.5) is 0 Å². The van der Waals surface area contributed by atoms with Crippen molar-refractivity contribution in [3.8, 4) is 0 Å². The summed E-state index contributed by atoms with van der Waals surface area (Å²) in [5.41, 5.74) is 4.86. The first kappa shape index (κ1) is 16.2. The predicted molar refractivity (Wildman–Crippen MR) is 79.7 cm³/mol. The second-order valence-corrected chi connectivity index (χ2v) is 5.68. The van der Waals surface area contributed by atoms with Gasteiger partial charge in [-0.1, -0.05) is 59.7 Å². The van der Waals surface area contributed by atoms with E-state index in [4.69, 9.17) is 0 Å². The molecule has 0 aliphatic carbocycles. The van der Waals surface area contributed by atoms with E-state index in [1.165, 1.54) is 29.5 Å². The monoisotopic (exact) mass is 234 g/mol. The minimum Gasteiger partial charge on any atom is -0.0683 e. The Labute approximate surface area is 108 Å². The number of hydrogen-bond donors (Lipinski definition) is 0. The lowest BCUT2D eigenvalue weighted by Crippen LogP contribution is -2.06. The van der Waals surface area contributed by atoms with Gasteiger partial charge in [-0.05, 0) is 48.3 Å². The fourth-order valence-electron chi connectivity index (χ4n) is 1.78. The highest BCUT2D eigenvalue weighted by Gasteiger charge is 2.10. The average Bonchev–Trinajstić information content (AvgIpc) is 2.29. The lowest BCUT2D eigenvalue weighted by molar-refractivity contribution is 0.378. The van der Waals surface area contributed by atoms with Crippen LogP contribution in [0.3, 0.4) is 0 Å². The summed E-state index contributed by atoms with van der Waals surface area (Å²) in [5, 5.41) is 0. The first-order valence-corrected chi connectivity index (χ1v) is 7.01. The van der Waals surface area contributed by atoms with E-state index < -0.39 is 0 Å². The summed E-state index contributed by atoms with van der Waals surface area (Å²) in [4.78, 5) is 0. The largest absolute Gasteiger partial charge is 0.0683 e. The lowest BCUT2D eigenvalue weighted by atomic mass is 9.88. The summed E-state index contributed by atoms with van der Waals surface area (Å²) in [6.45, 7) is 15.4. The van der Waals surface area contributed by atoms with Crippen LogP contribution in [-0.2, 0) is 12.8 Å². The maximum atomic E-state index is 2.38. The van der Waals surface area contributed by atoms with Crippen molar-refractivity contribution in [1.29, 1.82) is 0 Å². The molecule has 0 spiro atoms. The molecule has 17 heavy (non-hydrogen) atoms. The Bertz CT molecular complexity index is 315. The molecule has 0 fully saturated rings. The van der Waals surface area contributed by atoms with E-state index in [0.29, 0.717) is 5.41 Å². The highest BCUT2D eigenvalue weighted by atomic mass is 14.2. The molecule has 1 aromatic rings. The van der Waals surface area contributed by atoms with Crippen LogP contribution in [0.25, 0.3) is 0 Å². The van der Waals surface area contributed by atoms with Crippen molar-refractivity contribution in [3.05, 3.63) is 34.9 Å². The molecule has 0 saturated heterocycles. The van der Waals surface area contributed by atoms with Crippen molar-refractivity contribution >= 4 is 0 Å². The highest BCUT2D eigenvalue weighted by molar-refractivity contribution is 5.31. The van der Waals surface area contributed by atoms with E-state index in [9.17, 15) is 0 Å². The van der Waals surface area contributed by atoms with E-state index in [2.05, 4.69) is 52.8 Å². The molecule has 0 radical (unpaired) electrons. The van der Waals surface area contributed by atoms with Crippen molar-refractivity contribution < 1.29 is 0 Å². The molecule has 0 aromatic heterocycles. The van der Waals surface area contributed by atoms with Crippen molar-refractivity contribution in [2.24, 2.45) is 5.41 Å². The van der Waals surface area contributed by atoms with Gasteiger partial charge in [0.05, 0.1) is 0 Å². The van der Waals surface area contributed by atoms with Gasteiger partial charge in [0, 0.05) is 0 Å². The Hall–Kier alpha value is -0.780. The Morgan fingerprint density at radius 3 is 2.12 bits per heavy atom. The van der Waals surface area contributed by atoms with Gasteiger partial charge in [-0.2, -0.15) is 0 Å². The lowest BCUT2D eigenvalue weighted by Gasteiger charge is -2.18. The molecule has 1 rings (SSSR count). The third kappa shape index (κ3) is 6.51. The Balaban J connectivity index is 0.00000121. The zero-order chi connectivity index (χ0) is 13.5. The standard InChI is InChI=1S/C15H24.C2H6/c1-6-14-11-13(8-7-12(14)2)9-10-15(3,4)5;1-2/h7-8,11H,6,9-10H2,1-5H3;1-2H3. The molecular formula is C17H30. The Kier molecular flexibility index (Phi) is 7.18. The molecule has 0 aliphatic rings. The van der Waals surface area contributed by atoms with Crippen molar-refractivity contribution in [2.45, 2.75) is 67.7 Å². The minimum absolute atomic E-state index is 0.442. The molecule has 0 atom stereocenters. The van der Waals surface area contributed by atoms with Gasteiger partial charge in [-0.3, -0.25) is 0 Å². The molecule has 0 nitrogen and oxygen atoms in total. The fourth-order valence-corrected chi connectivity index (χ4v) is 1.78. The van der Waals surface area contributed by atoms with E-state index in [0.717, 1.165) is 6.42 Å². The molecular weight excluding hydrogens is 204 g/mol. The second-order valence-electron chi connectivity index (χ2n) is 5.68. The molecule has 0 amide bonds. The minimum atomic E-state index is 0.442. The predicted octanol–water partition coefficient (Wildman–Crippen LogP) is 5.56. The zero-order valence-electron chi connectivity index (χ0n) is 12.9. The first-order chi connectivity index (χ1) is 7.92. The quantitative estimate of drug-likeness (QED) is 0.642. The molecule has 0 saturated carbocycles. The molecule has 0 bridgehead atoms. The maximum absolute atomic E-state index is 2.38. The second kappa shape index (κ2) is 7.53. The summed E-state index contributed by atoms with van der Waals surface area (Å²) in [5.74, 6) is 0. The van der Waals surface area contributed by atoms with Gasteiger partial charge in [0.2, 0.25) is 0 Å². The van der Waals surface area contributed by atoms with Crippen molar-refractivity contribution in [1.82, 2.24) is 0 Å². The number of benzene rings is 1. The van der Waals surface area contributed by atoms with Crippen LogP contribution in [0.15, 0.2) is 18.2 Å². The third-order valence-corrected chi connectivity index (χ3v) is 2.96. The number of aryl methyl sites for hydroxylation is 3. The van der Waals surface area contributed by atoms with Crippen LogP contribution in [0.1, 0.15) is 64.7 Å². The molecule has 0 aliphatic heterocycles. The summed E-state index contributed by atoms with van der Waals surface area (Å²) >= 11 is 0.